The molecule has 4 aromatic rings. The van der Waals surface area contributed by atoms with E-state index in [1.54, 1.807) is 33.0 Å². The highest BCUT2D eigenvalue weighted by Crippen LogP contribution is 2.28. The number of nitrogens with zero attached hydrogens (tertiary/aromatic N) is 7. The molecule has 41 heavy (non-hydrogen) atoms. The molecule has 4 rings (SSSR count). The molecular formula is C23H24Br2F6N8O2. The van der Waals surface area contributed by atoms with Crippen LogP contribution in [0.2, 0.25) is 0 Å². The smallest absolute Gasteiger partial charge is 0.414 e. The third kappa shape index (κ3) is 10.0. The molecule has 4 aromatic heterocycles. The predicted molar refractivity (Wildman–Crippen MR) is 145 cm³/mol. The van der Waals surface area contributed by atoms with Gasteiger partial charge >= 0.3 is 18.4 Å². The molecule has 4 heterocycles. The number of fused-ring (bicyclic) bond motifs is 2. The maximum absolute atomic E-state index is 12.6. The summed E-state index contributed by atoms with van der Waals surface area (Å²) in [7, 11) is 0. The zero-order valence-electron chi connectivity index (χ0n) is 21.8. The molecule has 0 saturated carbocycles. The minimum atomic E-state index is -4.41. The highest BCUT2D eigenvalue weighted by atomic mass is 79.9. The van der Waals surface area contributed by atoms with Gasteiger partial charge in [-0.25, -0.2) is 23.8 Å². The van der Waals surface area contributed by atoms with Gasteiger partial charge in [0.25, 0.3) is 0 Å². The van der Waals surface area contributed by atoms with E-state index in [-0.39, 0.29) is 17.9 Å². The molecule has 18 heteroatoms. The van der Waals surface area contributed by atoms with Crippen molar-refractivity contribution in [2.75, 3.05) is 23.3 Å². The minimum absolute atomic E-state index is 0.181. The summed E-state index contributed by atoms with van der Waals surface area (Å²) < 4.78 is 82.9. The van der Waals surface area contributed by atoms with Crippen molar-refractivity contribution in [1.29, 1.82) is 0 Å². The van der Waals surface area contributed by atoms with Gasteiger partial charge in [-0.05, 0) is 58.7 Å². The predicted octanol–water partition coefficient (Wildman–Crippen LogP) is 7.04. The summed E-state index contributed by atoms with van der Waals surface area (Å²) in [5, 5.41) is 10.9. The fourth-order valence-corrected chi connectivity index (χ4v) is 4.08. The second-order valence-electron chi connectivity index (χ2n) is 9.41. The maximum Gasteiger partial charge on any atom is 0.414 e. The molecule has 0 unspecified atom stereocenters. The Hall–Kier alpha value is -3.15. The number of rotatable bonds is 6. The van der Waals surface area contributed by atoms with Gasteiger partial charge in [-0.3, -0.25) is 4.90 Å². The van der Waals surface area contributed by atoms with E-state index >= 15 is 0 Å². The second kappa shape index (κ2) is 12.8. The van der Waals surface area contributed by atoms with E-state index in [0.717, 1.165) is 4.90 Å². The lowest BCUT2D eigenvalue weighted by Crippen LogP contribution is -2.39. The molecule has 0 spiro atoms. The van der Waals surface area contributed by atoms with E-state index < -0.39 is 43.4 Å². The zero-order chi connectivity index (χ0) is 30.6. The van der Waals surface area contributed by atoms with Crippen LogP contribution in [-0.2, 0) is 4.74 Å². The Balaban J connectivity index is 0.000000239. The van der Waals surface area contributed by atoms with Gasteiger partial charge in [0.15, 0.2) is 11.3 Å². The third-order valence-electron chi connectivity index (χ3n) is 4.89. The van der Waals surface area contributed by atoms with Gasteiger partial charge < -0.3 is 10.1 Å². The van der Waals surface area contributed by atoms with E-state index in [2.05, 4.69) is 57.3 Å². The lowest BCUT2D eigenvalue weighted by atomic mass is 10.2. The number of alkyl halides is 6. The number of amides is 1. The van der Waals surface area contributed by atoms with Crippen molar-refractivity contribution >= 4 is 60.6 Å². The van der Waals surface area contributed by atoms with Crippen LogP contribution in [0.4, 0.5) is 42.5 Å². The lowest BCUT2D eigenvalue weighted by molar-refractivity contribution is -0.132. The van der Waals surface area contributed by atoms with Crippen LogP contribution < -0.4 is 10.2 Å². The summed E-state index contributed by atoms with van der Waals surface area (Å²) >= 11 is 6.35. The van der Waals surface area contributed by atoms with Gasteiger partial charge in [-0.1, -0.05) is 0 Å². The Morgan fingerprint density at radius 2 is 1.44 bits per heavy atom. The summed E-state index contributed by atoms with van der Waals surface area (Å²) in [6.45, 7) is 4.14. The number of ether oxygens (including phenoxy) is 1. The highest BCUT2D eigenvalue weighted by Gasteiger charge is 2.32. The Bertz CT molecular complexity index is 1480. The average Bonchev–Trinajstić information content (AvgIpc) is 3.46. The van der Waals surface area contributed by atoms with E-state index in [9.17, 15) is 31.1 Å². The van der Waals surface area contributed by atoms with Crippen molar-refractivity contribution in [3.8, 4) is 0 Å². The largest absolute Gasteiger partial charge is 0.443 e. The van der Waals surface area contributed by atoms with Crippen LogP contribution in [0.5, 0.6) is 0 Å². The van der Waals surface area contributed by atoms with E-state index in [4.69, 9.17) is 4.74 Å². The molecule has 0 saturated heterocycles. The maximum atomic E-state index is 12.6. The van der Waals surface area contributed by atoms with Gasteiger partial charge in [-0.15, -0.1) is 0 Å². The molecular weight excluding hydrogens is 694 g/mol. The molecule has 224 valence electrons. The lowest BCUT2D eigenvalue weighted by Gasteiger charge is -2.28. The molecule has 0 bridgehead atoms. The number of aromatic nitrogens is 6. The number of imidazole rings is 2. The van der Waals surface area contributed by atoms with E-state index in [1.807, 2.05) is 0 Å². The second-order valence-corrected chi connectivity index (χ2v) is 11.0. The summed E-state index contributed by atoms with van der Waals surface area (Å²) in [5.41, 5.74) is 0.604. The van der Waals surface area contributed by atoms with Gasteiger partial charge in [0, 0.05) is 43.9 Å². The molecule has 0 radical (unpaired) electrons. The quantitative estimate of drug-likeness (QED) is 0.214. The molecule has 0 aliphatic heterocycles. The molecule has 0 aromatic carbocycles. The first-order chi connectivity index (χ1) is 18.9. The number of halogens is 8. The van der Waals surface area contributed by atoms with Gasteiger partial charge in [-0.2, -0.15) is 36.5 Å². The molecule has 10 nitrogen and oxygen atoms in total. The Morgan fingerprint density at radius 1 is 0.902 bits per heavy atom. The molecule has 1 amide bonds. The van der Waals surface area contributed by atoms with Gasteiger partial charge in [0.1, 0.15) is 14.8 Å². The summed E-state index contributed by atoms with van der Waals surface area (Å²) in [5.74, 6) is 0. The van der Waals surface area contributed by atoms with Crippen molar-refractivity contribution in [3.63, 3.8) is 0 Å². The number of anilines is 2. The van der Waals surface area contributed by atoms with Crippen molar-refractivity contribution in [2.45, 2.75) is 51.6 Å². The number of nitrogens with one attached hydrogen (secondary N) is 1. The van der Waals surface area contributed by atoms with Crippen LogP contribution in [0, 0.1) is 0 Å². The number of hydrogen-bond donors (Lipinski definition) is 1. The first kappa shape index (κ1) is 32.4. The zero-order valence-corrected chi connectivity index (χ0v) is 24.9. The Labute approximate surface area is 246 Å². The average molecular weight is 718 g/mol. The summed E-state index contributed by atoms with van der Waals surface area (Å²) in [6.07, 6.45) is -5.39. The van der Waals surface area contributed by atoms with Gasteiger partial charge in [0.2, 0.25) is 0 Å². The van der Waals surface area contributed by atoms with Crippen molar-refractivity contribution in [3.05, 3.63) is 46.1 Å². The fraction of sp³-hybridized carbons (Fsp3) is 0.435. The highest BCUT2D eigenvalue weighted by molar-refractivity contribution is 9.10. The van der Waals surface area contributed by atoms with Crippen molar-refractivity contribution in [1.82, 2.24) is 29.2 Å². The van der Waals surface area contributed by atoms with Crippen molar-refractivity contribution < 1.29 is 35.9 Å². The van der Waals surface area contributed by atoms with Crippen molar-refractivity contribution in [2.24, 2.45) is 0 Å². The molecule has 0 fully saturated rings. The summed E-state index contributed by atoms with van der Waals surface area (Å²) in [6, 6.07) is 3.03. The van der Waals surface area contributed by atoms with Gasteiger partial charge in [0.05, 0.1) is 24.2 Å². The molecule has 0 aliphatic rings. The SMILES string of the molecule is CC(C)(C)OC(=O)N(CCC(F)(F)F)c1cc(Br)nn2ccnc12.FC(F)(F)CCNc1cc(Br)nn2ccnc12. The fourth-order valence-electron chi connectivity index (χ4n) is 3.29. The molecule has 0 atom stereocenters. The third-order valence-corrected chi connectivity index (χ3v) is 5.66. The molecule has 1 N–H and O–H groups in total. The first-order valence-corrected chi connectivity index (χ1v) is 13.4. The number of hydrogen-bond acceptors (Lipinski definition) is 7. The topological polar surface area (TPSA) is 102 Å². The Morgan fingerprint density at radius 3 is 2.00 bits per heavy atom. The number of carbonyl (C=O) groups is 1. The standard InChI is InChI=1S/C14H16BrF3N4O2.C9H8BrF3N4/c1-13(2,3)24-12(23)21(6-4-14(16,17)18)9-8-10(15)20-22-7-5-19-11(9)22;10-7-5-6(14-2-1-9(11,12)13)8-15-3-4-17(8)16-7/h5,7-8H,4,6H2,1-3H3;3-5,14H,1-2H2. The minimum Gasteiger partial charge on any atom is -0.443 e. The Kier molecular flexibility index (Phi) is 10.1. The van der Waals surface area contributed by atoms with E-state index in [1.165, 1.54) is 33.7 Å². The first-order valence-electron chi connectivity index (χ1n) is 11.8. The monoisotopic (exact) mass is 716 g/mol. The van der Waals surface area contributed by atoms with Crippen LogP contribution in [0.1, 0.15) is 33.6 Å². The molecule has 0 aliphatic carbocycles. The normalized spacial score (nSPS) is 12.3. The van der Waals surface area contributed by atoms with E-state index in [0.29, 0.717) is 20.5 Å². The van der Waals surface area contributed by atoms with Crippen LogP contribution in [0.25, 0.3) is 11.3 Å². The van der Waals surface area contributed by atoms with Crippen LogP contribution in [0.15, 0.2) is 46.1 Å². The summed E-state index contributed by atoms with van der Waals surface area (Å²) in [4.78, 5) is 21.4. The number of carbonyl (C=O) groups excluding carboxylic acids is 1. The van der Waals surface area contributed by atoms with Crippen LogP contribution in [0.3, 0.4) is 0 Å². The van der Waals surface area contributed by atoms with Crippen LogP contribution >= 0.6 is 31.9 Å². The van der Waals surface area contributed by atoms with Crippen LogP contribution in [-0.4, -0.2) is 66.3 Å².